The maximum Gasteiger partial charge on any atom is 0.243 e. The number of hydrogen-bond acceptors (Lipinski definition) is 2. The van der Waals surface area contributed by atoms with Crippen molar-refractivity contribution in [1.82, 2.24) is 4.72 Å². The van der Waals surface area contributed by atoms with E-state index >= 15 is 0 Å². The topological polar surface area (TPSA) is 46.2 Å². The van der Waals surface area contributed by atoms with E-state index in [9.17, 15) is 12.8 Å². The van der Waals surface area contributed by atoms with E-state index in [4.69, 9.17) is 0 Å². The standard InChI is InChI=1S/C13H18FNO2S/c1-13(2)9-5-8-12(13)15-18(16,17)11-7-4-3-6-10(11)14/h3-4,6-7,12,15H,5,8-9H2,1-2H3. The Balaban J connectivity index is 2.26. The Bertz CT molecular complexity index is 540. The third-order valence-electron chi connectivity index (χ3n) is 3.68. The minimum absolute atomic E-state index is 0.0711. The first-order chi connectivity index (χ1) is 8.33. The number of rotatable bonds is 3. The molecule has 2 rings (SSSR count). The zero-order valence-electron chi connectivity index (χ0n) is 10.6. The van der Waals surface area contributed by atoms with Crippen LogP contribution in [0.15, 0.2) is 29.2 Å². The fourth-order valence-corrected chi connectivity index (χ4v) is 3.98. The highest BCUT2D eigenvalue weighted by Gasteiger charge is 2.37. The monoisotopic (exact) mass is 271 g/mol. The highest BCUT2D eigenvalue weighted by atomic mass is 32.2. The molecule has 0 spiro atoms. The summed E-state index contributed by atoms with van der Waals surface area (Å²) in [4.78, 5) is -0.271. The molecule has 1 unspecified atom stereocenters. The molecule has 1 aliphatic rings. The summed E-state index contributed by atoms with van der Waals surface area (Å²) < 4.78 is 40.5. The fraction of sp³-hybridized carbons (Fsp3) is 0.538. The van der Waals surface area contributed by atoms with Crippen LogP contribution in [0, 0.1) is 11.2 Å². The molecular weight excluding hydrogens is 253 g/mol. The van der Waals surface area contributed by atoms with Gasteiger partial charge in [-0.05, 0) is 30.4 Å². The van der Waals surface area contributed by atoms with Gasteiger partial charge in [-0.1, -0.05) is 32.4 Å². The van der Waals surface area contributed by atoms with E-state index in [1.54, 1.807) is 0 Å². The van der Waals surface area contributed by atoms with Gasteiger partial charge in [0.25, 0.3) is 0 Å². The van der Waals surface area contributed by atoms with Crippen LogP contribution in [0.25, 0.3) is 0 Å². The van der Waals surface area contributed by atoms with Crippen LogP contribution in [0.5, 0.6) is 0 Å². The van der Waals surface area contributed by atoms with Crippen molar-refractivity contribution in [3.05, 3.63) is 30.1 Å². The molecule has 0 radical (unpaired) electrons. The van der Waals surface area contributed by atoms with Crippen LogP contribution in [0.2, 0.25) is 0 Å². The number of benzene rings is 1. The smallest absolute Gasteiger partial charge is 0.207 e. The quantitative estimate of drug-likeness (QED) is 0.918. The molecule has 5 heteroatoms. The Hall–Kier alpha value is -0.940. The molecule has 1 N–H and O–H groups in total. The van der Waals surface area contributed by atoms with Gasteiger partial charge in [-0.2, -0.15) is 0 Å². The van der Waals surface area contributed by atoms with Gasteiger partial charge >= 0.3 is 0 Å². The van der Waals surface area contributed by atoms with Crippen molar-refractivity contribution in [3.63, 3.8) is 0 Å². The van der Waals surface area contributed by atoms with E-state index in [-0.39, 0.29) is 16.4 Å². The highest BCUT2D eigenvalue weighted by molar-refractivity contribution is 7.89. The average Bonchev–Trinajstić information content (AvgIpc) is 2.58. The van der Waals surface area contributed by atoms with Gasteiger partial charge in [-0.15, -0.1) is 0 Å². The first kappa shape index (κ1) is 13.5. The Morgan fingerprint density at radius 2 is 2.00 bits per heavy atom. The third kappa shape index (κ3) is 2.57. The van der Waals surface area contributed by atoms with Crippen LogP contribution in [-0.2, 0) is 10.0 Å². The molecule has 0 heterocycles. The first-order valence-corrected chi connectivity index (χ1v) is 7.58. The maximum absolute atomic E-state index is 13.5. The van der Waals surface area contributed by atoms with Gasteiger partial charge in [0.15, 0.2) is 0 Å². The summed E-state index contributed by atoms with van der Waals surface area (Å²) in [7, 11) is -3.77. The van der Waals surface area contributed by atoms with Gasteiger partial charge in [0.2, 0.25) is 10.0 Å². The van der Waals surface area contributed by atoms with Gasteiger partial charge in [0, 0.05) is 6.04 Å². The molecule has 0 amide bonds. The lowest BCUT2D eigenvalue weighted by Gasteiger charge is -2.27. The van der Waals surface area contributed by atoms with Crippen molar-refractivity contribution < 1.29 is 12.8 Å². The van der Waals surface area contributed by atoms with Gasteiger partial charge < -0.3 is 0 Å². The van der Waals surface area contributed by atoms with Crippen molar-refractivity contribution in [1.29, 1.82) is 0 Å². The van der Waals surface area contributed by atoms with Crippen LogP contribution in [0.1, 0.15) is 33.1 Å². The minimum Gasteiger partial charge on any atom is -0.207 e. The van der Waals surface area contributed by atoms with Crippen molar-refractivity contribution >= 4 is 10.0 Å². The molecule has 1 saturated carbocycles. The zero-order valence-corrected chi connectivity index (χ0v) is 11.4. The molecule has 1 fully saturated rings. The summed E-state index contributed by atoms with van der Waals surface area (Å²) in [6, 6.07) is 5.33. The SMILES string of the molecule is CC1(C)CCCC1NS(=O)(=O)c1ccccc1F. The lowest BCUT2D eigenvalue weighted by Crippen LogP contribution is -2.41. The molecule has 3 nitrogen and oxygen atoms in total. The fourth-order valence-electron chi connectivity index (χ4n) is 2.46. The summed E-state index contributed by atoms with van der Waals surface area (Å²) in [5.74, 6) is -0.708. The summed E-state index contributed by atoms with van der Waals surface area (Å²) in [6.45, 7) is 4.07. The summed E-state index contributed by atoms with van der Waals surface area (Å²) >= 11 is 0. The van der Waals surface area contributed by atoms with Crippen molar-refractivity contribution in [2.75, 3.05) is 0 Å². The number of hydrogen-bond donors (Lipinski definition) is 1. The molecule has 1 atom stereocenters. The van der Waals surface area contributed by atoms with Gasteiger partial charge in [-0.3, -0.25) is 0 Å². The van der Waals surface area contributed by atoms with Crippen LogP contribution in [0.3, 0.4) is 0 Å². The van der Waals surface area contributed by atoms with Crippen LogP contribution in [-0.4, -0.2) is 14.5 Å². The molecule has 18 heavy (non-hydrogen) atoms. The maximum atomic E-state index is 13.5. The van der Waals surface area contributed by atoms with Crippen LogP contribution in [0.4, 0.5) is 4.39 Å². The average molecular weight is 271 g/mol. The molecule has 0 bridgehead atoms. The Labute approximate surface area is 107 Å². The van der Waals surface area contributed by atoms with Gasteiger partial charge in [-0.25, -0.2) is 17.5 Å². The predicted molar refractivity (Wildman–Crippen MR) is 68.1 cm³/mol. The van der Waals surface area contributed by atoms with E-state index in [1.165, 1.54) is 18.2 Å². The summed E-state index contributed by atoms with van der Waals surface area (Å²) in [5.41, 5.74) is -0.0711. The molecular formula is C13H18FNO2S. The summed E-state index contributed by atoms with van der Waals surface area (Å²) in [6.07, 6.45) is 2.79. The van der Waals surface area contributed by atoms with Crippen LogP contribution < -0.4 is 4.72 Å². The predicted octanol–water partition coefficient (Wildman–Crippen LogP) is 2.68. The third-order valence-corrected chi connectivity index (χ3v) is 5.19. The first-order valence-electron chi connectivity index (χ1n) is 6.10. The lowest BCUT2D eigenvalue weighted by atomic mass is 9.88. The second kappa shape index (κ2) is 4.63. The van der Waals surface area contributed by atoms with E-state index in [0.717, 1.165) is 25.3 Å². The number of halogens is 1. The van der Waals surface area contributed by atoms with Crippen molar-refractivity contribution in [2.24, 2.45) is 5.41 Å². The Kier molecular flexibility index (Phi) is 3.47. The van der Waals surface area contributed by atoms with E-state index in [1.807, 2.05) is 13.8 Å². The zero-order chi connectivity index (χ0) is 13.4. The molecule has 1 aromatic rings. The molecule has 1 aromatic carbocycles. The lowest BCUT2D eigenvalue weighted by molar-refractivity contribution is 0.312. The second-order valence-corrected chi connectivity index (χ2v) is 7.17. The molecule has 100 valence electrons. The van der Waals surface area contributed by atoms with E-state index in [0.29, 0.717) is 0 Å². The normalized spacial score (nSPS) is 23.2. The summed E-state index contributed by atoms with van der Waals surface area (Å²) in [5, 5.41) is 0. The molecule has 0 saturated heterocycles. The largest absolute Gasteiger partial charge is 0.243 e. The van der Waals surface area contributed by atoms with Gasteiger partial charge in [0.05, 0.1) is 0 Å². The molecule has 0 aromatic heterocycles. The van der Waals surface area contributed by atoms with E-state index < -0.39 is 15.8 Å². The van der Waals surface area contributed by atoms with Crippen LogP contribution >= 0.6 is 0 Å². The highest BCUT2D eigenvalue weighted by Crippen LogP contribution is 2.38. The second-order valence-electron chi connectivity index (χ2n) is 5.49. The minimum atomic E-state index is -3.77. The number of nitrogens with one attached hydrogen (secondary N) is 1. The van der Waals surface area contributed by atoms with Crippen molar-refractivity contribution in [3.8, 4) is 0 Å². The van der Waals surface area contributed by atoms with Crippen molar-refractivity contribution in [2.45, 2.75) is 44.0 Å². The molecule has 0 aliphatic heterocycles. The van der Waals surface area contributed by atoms with Gasteiger partial charge in [0.1, 0.15) is 10.7 Å². The Morgan fingerprint density at radius 1 is 1.33 bits per heavy atom. The number of sulfonamides is 1. The molecule has 1 aliphatic carbocycles. The Morgan fingerprint density at radius 3 is 2.56 bits per heavy atom. The van der Waals surface area contributed by atoms with E-state index in [2.05, 4.69) is 4.72 Å².